The molecule has 2 aromatic rings. The van der Waals surface area contributed by atoms with Crippen LogP contribution in [-0.4, -0.2) is 18.1 Å². The molecule has 1 aliphatic carbocycles. The lowest BCUT2D eigenvalue weighted by Gasteiger charge is -2.19. The Kier molecular flexibility index (Phi) is 4.76. The molecule has 0 atom stereocenters. The first-order valence-corrected chi connectivity index (χ1v) is 7.92. The first-order chi connectivity index (χ1) is 11.3. The number of aliphatic imine (C=N–C) groups is 1. The first-order valence-electron chi connectivity index (χ1n) is 7.92. The van der Waals surface area contributed by atoms with Gasteiger partial charge in [0.1, 0.15) is 5.75 Å². The van der Waals surface area contributed by atoms with E-state index in [-0.39, 0.29) is 0 Å². The molecule has 5 nitrogen and oxygen atoms in total. The van der Waals surface area contributed by atoms with Gasteiger partial charge < -0.3 is 15.8 Å². The second-order valence-corrected chi connectivity index (χ2v) is 5.66. The third-order valence-electron chi connectivity index (χ3n) is 4.16. The number of aryl methyl sites for hydroxylation is 1. The average molecular weight is 310 g/mol. The van der Waals surface area contributed by atoms with Gasteiger partial charge in [-0.05, 0) is 48.9 Å². The first kappa shape index (κ1) is 15.3. The summed E-state index contributed by atoms with van der Waals surface area (Å²) in [5.74, 6) is 1.18. The van der Waals surface area contributed by atoms with Crippen LogP contribution in [-0.2, 0) is 19.4 Å². The van der Waals surface area contributed by atoms with Crippen LogP contribution in [0.15, 0.2) is 41.7 Å². The largest absolute Gasteiger partial charge is 0.496 e. The van der Waals surface area contributed by atoms with E-state index in [1.165, 1.54) is 24.0 Å². The molecule has 1 aromatic carbocycles. The van der Waals surface area contributed by atoms with Gasteiger partial charge in [0.2, 0.25) is 0 Å². The highest BCUT2D eigenvalue weighted by atomic mass is 16.5. The van der Waals surface area contributed by atoms with E-state index in [1.54, 1.807) is 19.5 Å². The van der Waals surface area contributed by atoms with E-state index >= 15 is 0 Å². The third-order valence-corrected chi connectivity index (χ3v) is 4.16. The number of aromatic nitrogens is 1. The average Bonchev–Trinajstić information content (AvgIpc) is 2.60. The lowest BCUT2D eigenvalue weighted by atomic mass is 9.90. The molecule has 0 saturated heterocycles. The van der Waals surface area contributed by atoms with Crippen LogP contribution in [0.3, 0.4) is 0 Å². The summed E-state index contributed by atoms with van der Waals surface area (Å²) in [4.78, 5) is 8.51. The maximum Gasteiger partial charge on any atom is 0.193 e. The van der Waals surface area contributed by atoms with E-state index in [4.69, 9.17) is 10.5 Å². The second kappa shape index (κ2) is 7.13. The molecule has 0 radical (unpaired) electrons. The van der Waals surface area contributed by atoms with Crippen molar-refractivity contribution in [3.05, 3.63) is 53.3 Å². The molecule has 1 aromatic heterocycles. The summed E-state index contributed by atoms with van der Waals surface area (Å²) in [7, 11) is 1.64. The molecule has 3 N–H and O–H groups in total. The molecule has 0 amide bonds. The van der Waals surface area contributed by atoms with Crippen molar-refractivity contribution >= 4 is 11.6 Å². The van der Waals surface area contributed by atoms with Crippen molar-refractivity contribution in [2.75, 3.05) is 12.4 Å². The van der Waals surface area contributed by atoms with Crippen LogP contribution in [0.2, 0.25) is 0 Å². The quantitative estimate of drug-likeness (QED) is 0.673. The fourth-order valence-corrected chi connectivity index (χ4v) is 2.98. The number of methoxy groups -OCH3 is 1. The van der Waals surface area contributed by atoms with E-state index in [1.807, 2.05) is 6.07 Å². The minimum atomic E-state index is 0.412. The van der Waals surface area contributed by atoms with Gasteiger partial charge >= 0.3 is 0 Å². The number of nitrogens with two attached hydrogens (primary N) is 1. The van der Waals surface area contributed by atoms with Crippen LogP contribution in [0.25, 0.3) is 0 Å². The molecule has 0 saturated carbocycles. The minimum Gasteiger partial charge on any atom is -0.496 e. The number of rotatable bonds is 4. The molecule has 1 aliphatic rings. The van der Waals surface area contributed by atoms with Gasteiger partial charge in [-0.2, -0.15) is 0 Å². The number of pyridine rings is 1. The summed E-state index contributed by atoms with van der Waals surface area (Å²) >= 11 is 0. The Labute approximate surface area is 136 Å². The minimum absolute atomic E-state index is 0.412. The maximum atomic E-state index is 6.06. The Balaban J connectivity index is 1.73. The van der Waals surface area contributed by atoms with Gasteiger partial charge in [0.05, 0.1) is 13.7 Å². The molecule has 120 valence electrons. The van der Waals surface area contributed by atoms with Crippen molar-refractivity contribution < 1.29 is 4.74 Å². The Morgan fingerprint density at radius 2 is 2.17 bits per heavy atom. The van der Waals surface area contributed by atoms with Crippen LogP contribution >= 0.6 is 0 Å². The Hall–Kier alpha value is -2.56. The summed E-state index contributed by atoms with van der Waals surface area (Å²) in [5, 5.41) is 3.24. The molecule has 23 heavy (non-hydrogen) atoms. The second-order valence-electron chi connectivity index (χ2n) is 5.66. The van der Waals surface area contributed by atoms with Crippen LogP contribution in [0.1, 0.15) is 29.5 Å². The molecule has 3 rings (SSSR count). The molecule has 1 heterocycles. The smallest absolute Gasteiger partial charge is 0.193 e. The lowest BCUT2D eigenvalue weighted by Crippen LogP contribution is -2.24. The SMILES string of the molecule is COc1ccncc1CN=C(N)Nc1cccc2c1CCCC2. The number of ether oxygens (including phenoxy) is 1. The van der Waals surface area contributed by atoms with Crippen molar-refractivity contribution in [3.63, 3.8) is 0 Å². The Morgan fingerprint density at radius 1 is 1.30 bits per heavy atom. The Morgan fingerprint density at radius 3 is 3.04 bits per heavy atom. The van der Waals surface area contributed by atoms with E-state index in [0.717, 1.165) is 29.8 Å². The zero-order valence-electron chi connectivity index (χ0n) is 13.4. The molecule has 0 fully saturated rings. The summed E-state index contributed by atoms with van der Waals surface area (Å²) in [5.41, 5.74) is 10.8. The summed E-state index contributed by atoms with van der Waals surface area (Å²) in [6.45, 7) is 0.435. The Bertz CT molecular complexity index is 712. The van der Waals surface area contributed by atoms with E-state index in [9.17, 15) is 0 Å². The van der Waals surface area contributed by atoms with E-state index in [0.29, 0.717) is 12.5 Å². The highest BCUT2D eigenvalue weighted by Gasteiger charge is 2.13. The van der Waals surface area contributed by atoms with E-state index in [2.05, 4.69) is 33.5 Å². The van der Waals surface area contributed by atoms with Gasteiger partial charge in [0, 0.05) is 23.6 Å². The number of nitrogens with zero attached hydrogens (tertiary/aromatic N) is 2. The topological polar surface area (TPSA) is 72.5 Å². The van der Waals surface area contributed by atoms with Crippen molar-refractivity contribution in [2.45, 2.75) is 32.2 Å². The molecular formula is C18H22N4O. The fourth-order valence-electron chi connectivity index (χ4n) is 2.98. The molecular weight excluding hydrogens is 288 g/mol. The monoisotopic (exact) mass is 310 g/mol. The van der Waals surface area contributed by atoms with Crippen molar-refractivity contribution in [1.82, 2.24) is 4.98 Å². The number of nitrogens with one attached hydrogen (secondary N) is 1. The van der Waals surface area contributed by atoms with Crippen LogP contribution in [0.4, 0.5) is 5.69 Å². The van der Waals surface area contributed by atoms with Gasteiger partial charge in [0.15, 0.2) is 5.96 Å². The third kappa shape index (κ3) is 3.62. The standard InChI is InChI=1S/C18H22N4O/c1-23-17-9-10-20-11-14(17)12-21-18(19)22-16-8-4-6-13-5-2-3-7-15(13)16/h4,6,8-11H,2-3,5,7,12H2,1H3,(H3,19,21,22). The highest BCUT2D eigenvalue weighted by molar-refractivity contribution is 5.93. The number of guanidine groups is 1. The van der Waals surface area contributed by atoms with E-state index < -0.39 is 0 Å². The lowest BCUT2D eigenvalue weighted by molar-refractivity contribution is 0.409. The van der Waals surface area contributed by atoms with Crippen LogP contribution < -0.4 is 15.8 Å². The van der Waals surface area contributed by atoms with Gasteiger partial charge in [0.25, 0.3) is 0 Å². The zero-order valence-corrected chi connectivity index (χ0v) is 13.4. The van der Waals surface area contributed by atoms with Gasteiger partial charge in [-0.3, -0.25) is 4.98 Å². The highest BCUT2D eigenvalue weighted by Crippen LogP contribution is 2.27. The number of anilines is 1. The predicted molar refractivity (Wildman–Crippen MR) is 92.8 cm³/mol. The van der Waals surface area contributed by atoms with Crippen molar-refractivity contribution in [2.24, 2.45) is 10.7 Å². The number of hydrogen-bond acceptors (Lipinski definition) is 3. The van der Waals surface area contributed by atoms with Crippen LogP contribution in [0.5, 0.6) is 5.75 Å². The summed E-state index contributed by atoms with van der Waals surface area (Å²) < 4.78 is 5.30. The normalized spacial score (nSPS) is 14.2. The molecule has 0 spiro atoms. The van der Waals surface area contributed by atoms with Gasteiger partial charge in [-0.15, -0.1) is 0 Å². The van der Waals surface area contributed by atoms with Crippen molar-refractivity contribution in [3.8, 4) is 5.75 Å². The maximum absolute atomic E-state index is 6.06. The van der Waals surface area contributed by atoms with Crippen molar-refractivity contribution in [1.29, 1.82) is 0 Å². The number of hydrogen-bond donors (Lipinski definition) is 2. The molecule has 0 bridgehead atoms. The number of fused-ring (bicyclic) bond motifs is 1. The van der Waals surface area contributed by atoms with Gasteiger partial charge in [-0.25, -0.2) is 4.99 Å². The zero-order chi connectivity index (χ0) is 16.1. The summed E-state index contributed by atoms with van der Waals surface area (Å²) in [6.07, 6.45) is 8.19. The molecule has 0 aliphatic heterocycles. The predicted octanol–water partition coefficient (Wildman–Crippen LogP) is 2.90. The molecule has 5 heteroatoms. The fraction of sp³-hybridized carbons (Fsp3) is 0.333. The summed E-state index contributed by atoms with van der Waals surface area (Å²) in [6, 6.07) is 8.16. The number of benzene rings is 1. The molecule has 0 unspecified atom stereocenters. The van der Waals surface area contributed by atoms with Crippen LogP contribution in [0, 0.1) is 0 Å². The van der Waals surface area contributed by atoms with Gasteiger partial charge in [-0.1, -0.05) is 12.1 Å².